The van der Waals surface area contributed by atoms with Crippen LogP contribution in [0.2, 0.25) is 0 Å². The number of carboxylic acids is 1. The number of benzene rings is 1. The van der Waals surface area contributed by atoms with Crippen molar-refractivity contribution in [2.45, 2.75) is 33.2 Å². The molecular formula is C15H20N2O6. The van der Waals surface area contributed by atoms with Gasteiger partial charge in [0, 0.05) is 11.6 Å². The number of rotatable bonds is 8. The summed E-state index contributed by atoms with van der Waals surface area (Å²) in [5.74, 6) is -1.69. The summed E-state index contributed by atoms with van der Waals surface area (Å²) in [6, 6.07) is 2.72. The third-order valence-electron chi connectivity index (χ3n) is 3.03. The van der Waals surface area contributed by atoms with Crippen molar-refractivity contribution in [2.75, 3.05) is 6.61 Å². The van der Waals surface area contributed by atoms with E-state index in [1.54, 1.807) is 6.92 Å². The quantitative estimate of drug-likeness (QED) is 0.559. The third-order valence-corrected chi connectivity index (χ3v) is 3.03. The fourth-order valence-corrected chi connectivity index (χ4v) is 2.01. The molecule has 0 radical (unpaired) electrons. The first-order valence-electron chi connectivity index (χ1n) is 7.21. The molecule has 1 atom stereocenters. The Kier molecular flexibility index (Phi) is 6.49. The lowest BCUT2D eigenvalue weighted by atomic mass is 10.0. The first kappa shape index (κ1) is 18.4. The Balaban J connectivity index is 3.01. The SMILES string of the molecule is CCOc1ccc(C(=O)N[C@@H](CC(C)C)C(=O)O)cc1[N+](=O)[O-]. The van der Waals surface area contributed by atoms with Gasteiger partial charge in [-0.25, -0.2) is 4.79 Å². The molecule has 0 saturated heterocycles. The summed E-state index contributed by atoms with van der Waals surface area (Å²) < 4.78 is 5.14. The Hall–Kier alpha value is -2.64. The highest BCUT2D eigenvalue weighted by atomic mass is 16.6. The van der Waals surface area contributed by atoms with Crippen LogP contribution in [0.1, 0.15) is 37.6 Å². The van der Waals surface area contributed by atoms with Gasteiger partial charge in [0.1, 0.15) is 6.04 Å². The second-order valence-electron chi connectivity index (χ2n) is 5.37. The maximum atomic E-state index is 12.1. The number of hydrogen-bond donors (Lipinski definition) is 2. The number of nitro groups is 1. The normalized spacial score (nSPS) is 11.8. The number of amides is 1. The highest BCUT2D eigenvalue weighted by Gasteiger charge is 2.24. The number of nitrogens with zero attached hydrogens (tertiary/aromatic N) is 1. The van der Waals surface area contributed by atoms with Gasteiger partial charge in [0.2, 0.25) is 0 Å². The van der Waals surface area contributed by atoms with Crippen LogP contribution in [0.15, 0.2) is 18.2 Å². The molecule has 0 saturated carbocycles. The monoisotopic (exact) mass is 324 g/mol. The van der Waals surface area contributed by atoms with E-state index >= 15 is 0 Å². The van der Waals surface area contributed by atoms with Crippen molar-refractivity contribution in [3.63, 3.8) is 0 Å². The average Bonchev–Trinajstić information content (AvgIpc) is 2.46. The highest BCUT2D eigenvalue weighted by molar-refractivity contribution is 5.97. The maximum absolute atomic E-state index is 12.1. The van der Waals surface area contributed by atoms with E-state index in [2.05, 4.69) is 5.32 Å². The highest BCUT2D eigenvalue weighted by Crippen LogP contribution is 2.28. The number of ether oxygens (including phenoxy) is 1. The van der Waals surface area contributed by atoms with Gasteiger partial charge >= 0.3 is 11.7 Å². The molecule has 1 rings (SSSR count). The average molecular weight is 324 g/mol. The van der Waals surface area contributed by atoms with Crippen LogP contribution >= 0.6 is 0 Å². The largest absolute Gasteiger partial charge is 0.487 e. The first-order valence-corrected chi connectivity index (χ1v) is 7.21. The van der Waals surface area contributed by atoms with E-state index in [1.807, 2.05) is 13.8 Å². The molecule has 1 aromatic rings. The number of aliphatic carboxylic acids is 1. The summed E-state index contributed by atoms with van der Waals surface area (Å²) >= 11 is 0. The number of hydrogen-bond acceptors (Lipinski definition) is 5. The predicted molar refractivity (Wildman–Crippen MR) is 82.6 cm³/mol. The second kappa shape index (κ2) is 8.11. The fraction of sp³-hybridized carbons (Fsp3) is 0.467. The zero-order chi connectivity index (χ0) is 17.6. The summed E-state index contributed by atoms with van der Waals surface area (Å²) in [5, 5.41) is 22.6. The zero-order valence-corrected chi connectivity index (χ0v) is 13.2. The number of nitrogens with one attached hydrogen (secondary N) is 1. The molecule has 126 valence electrons. The van der Waals surface area contributed by atoms with Gasteiger partial charge in [0.25, 0.3) is 5.91 Å². The van der Waals surface area contributed by atoms with Crippen molar-refractivity contribution in [3.8, 4) is 5.75 Å². The molecular weight excluding hydrogens is 304 g/mol. The molecule has 0 heterocycles. The van der Waals surface area contributed by atoms with E-state index < -0.39 is 22.8 Å². The summed E-state index contributed by atoms with van der Waals surface area (Å²) in [6.45, 7) is 5.61. The molecule has 0 fully saturated rings. The van der Waals surface area contributed by atoms with E-state index in [0.29, 0.717) is 0 Å². The molecule has 2 N–H and O–H groups in total. The molecule has 8 nitrogen and oxygen atoms in total. The Bertz CT molecular complexity index is 600. The summed E-state index contributed by atoms with van der Waals surface area (Å²) in [5.41, 5.74) is -0.328. The van der Waals surface area contributed by atoms with E-state index in [9.17, 15) is 19.7 Å². The van der Waals surface area contributed by atoms with Crippen LogP contribution in [0, 0.1) is 16.0 Å². The Morgan fingerprint density at radius 1 is 1.39 bits per heavy atom. The van der Waals surface area contributed by atoms with Crippen molar-refractivity contribution in [1.29, 1.82) is 0 Å². The summed E-state index contributed by atoms with van der Waals surface area (Å²) in [7, 11) is 0. The molecule has 0 bridgehead atoms. The predicted octanol–water partition coefficient (Wildman–Crippen LogP) is 2.22. The molecule has 1 amide bonds. The van der Waals surface area contributed by atoms with Crippen molar-refractivity contribution in [3.05, 3.63) is 33.9 Å². The molecule has 0 aliphatic rings. The van der Waals surface area contributed by atoms with Crippen molar-refractivity contribution in [2.24, 2.45) is 5.92 Å². The van der Waals surface area contributed by atoms with Gasteiger partial charge in [-0.2, -0.15) is 0 Å². The molecule has 0 spiro atoms. The summed E-state index contributed by atoms with van der Waals surface area (Å²) in [4.78, 5) is 33.7. The number of carbonyl (C=O) groups is 2. The molecule has 0 aromatic heterocycles. The van der Waals surface area contributed by atoms with Gasteiger partial charge in [-0.1, -0.05) is 13.8 Å². The van der Waals surface area contributed by atoms with Crippen molar-refractivity contribution < 1.29 is 24.4 Å². The molecule has 1 aromatic carbocycles. The topological polar surface area (TPSA) is 119 Å². The van der Waals surface area contributed by atoms with Gasteiger partial charge in [0.05, 0.1) is 11.5 Å². The van der Waals surface area contributed by atoms with Gasteiger partial charge in [-0.05, 0) is 31.4 Å². The minimum absolute atomic E-state index is 0.00941. The lowest BCUT2D eigenvalue weighted by Gasteiger charge is -2.16. The van der Waals surface area contributed by atoms with E-state index in [1.165, 1.54) is 12.1 Å². The van der Waals surface area contributed by atoms with Crippen LogP contribution in [0.25, 0.3) is 0 Å². The number of nitro benzene ring substituents is 1. The molecule has 0 aliphatic carbocycles. The van der Waals surface area contributed by atoms with Gasteiger partial charge in [0.15, 0.2) is 5.75 Å². The molecule has 23 heavy (non-hydrogen) atoms. The summed E-state index contributed by atoms with van der Waals surface area (Å²) in [6.07, 6.45) is 0.264. The number of carboxylic acid groups (broad SMARTS) is 1. The maximum Gasteiger partial charge on any atom is 0.326 e. The van der Waals surface area contributed by atoms with Crippen LogP contribution in [0.4, 0.5) is 5.69 Å². The number of carbonyl (C=O) groups excluding carboxylic acids is 1. The van der Waals surface area contributed by atoms with E-state index in [-0.39, 0.29) is 35.9 Å². The van der Waals surface area contributed by atoms with Crippen LogP contribution in [-0.4, -0.2) is 34.6 Å². The van der Waals surface area contributed by atoms with Crippen molar-refractivity contribution >= 4 is 17.6 Å². The zero-order valence-electron chi connectivity index (χ0n) is 13.2. The van der Waals surface area contributed by atoms with Crippen LogP contribution in [0.3, 0.4) is 0 Å². The molecule has 0 aliphatic heterocycles. The fourth-order valence-electron chi connectivity index (χ4n) is 2.01. The molecule has 8 heteroatoms. The van der Waals surface area contributed by atoms with Crippen LogP contribution in [-0.2, 0) is 4.79 Å². The van der Waals surface area contributed by atoms with Gasteiger partial charge in [-0.15, -0.1) is 0 Å². The van der Waals surface area contributed by atoms with E-state index in [0.717, 1.165) is 6.07 Å². The lowest BCUT2D eigenvalue weighted by Crippen LogP contribution is -2.41. The van der Waals surface area contributed by atoms with Gasteiger partial charge < -0.3 is 15.2 Å². The van der Waals surface area contributed by atoms with Gasteiger partial charge in [-0.3, -0.25) is 14.9 Å². The minimum atomic E-state index is -1.15. The Labute approximate surface area is 133 Å². The second-order valence-corrected chi connectivity index (χ2v) is 5.37. The smallest absolute Gasteiger partial charge is 0.326 e. The van der Waals surface area contributed by atoms with Crippen LogP contribution < -0.4 is 10.1 Å². The van der Waals surface area contributed by atoms with Crippen molar-refractivity contribution in [1.82, 2.24) is 5.32 Å². The first-order chi connectivity index (χ1) is 10.8. The third kappa shape index (κ3) is 5.24. The lowest BCUT2D eigenvalue weighted by molar-refractivity contribution is -0.385. The van der Waals surface area contributed by atoms with Crippen LogP contribution in [0.5, 0.6) is 5.75 Å². The Morgan fingerprint density at radius 2 is 2.04 bits per heavy atom. The minimum Gasteiger partial charge on any atom is -0.487 e. The Morgan fingerprint density at radius 3 is 2.52 bits per heavy atom. The standard InChI is InChI=1S/C15H20N2O6/c1-4-23-13-6-5-10(8-12(13)17(21)22)14(18)16-11(15(19)20)7-9(2)3/h5-6,8-9,11H,4,7H2,1-3H3,(H,16,18)(H,19,20)/t11-/m0/s1. The van der Waals surface area contributed by atoms with E-state index in [4.69, 9.17) is 9.84 Å². The molecule has 0 unspecified atom stereocenters.